The highest BCUT2D eigenvalue weighted by atomic mass is 32.2. The van der Waals surface area contributed by atoms with E-state index in [-0.39, 0.29) is 112 Å². The van der Waals surface area contributed by atoms with Crippen molar-refractivity contribution in [3.63, 3.8) is 0 Å². The molecule has 0 unspecified atom stereocenters. The van der Waals surface area contributed by atoms with E-state index in [4.69, 9.17) is 24.7 Å². The normalized spacial score (nSPS) is 19.4. The number of pyridine rings is 3. The van der Waals surface area contributed by atoms with Gasteiger partial charge in [-0.25, -0.2) is 32.3 Å². The van der Waals surface area contributed by atoms with E-state index in [0.29, 0.717) is 108 Å². The van der Waals surface area contributed by atoms with Crippen LogP contribution in [0.1, 0.15) is 189 Å². The average molecular weight is 1480 g/mol. The van der Waals surface area contributed by atoms with Crippen molar-refractivity contribution in [2.24, 2.45) is 23.5 Å². The minimum Gasteiger partial charge on any atom is -0.462 e. The number of nitrogens with zero attached hydrogens (tertiary/aromatic N) is 6. The molecule has 3 aliphatic heterocycles. The molecule has 2 amide bonds. The quantitative estimate of drug-likeness (QED) is 0.0252. The number of esters is 2. The summed E-state index contributed by atoms with van der Waals surface area (Å²) in [5.74, 6) is -3.39. The van der Waals surface area contributed by atoms with Gasteiger partial charge in [-0.05, 0) is 207 Å². The number of ether oxygens (including phenoxy) is 4. The van der Waals surface area contributed by atoms with Crippen LogP contribution < -0.4 is 51.9 Å². The Morgan fingerprint density at radius 1 is 0.519 bits per heavy atom. The van der Waals surface area contributed by atoms with Crippen LogP contribution in [0.15, 0.2) is 50.8 Å². The molecule has 6 aromatic rings. The first-order valence-electron chi connectivity index (χ1n) is 35.6. The van der Waals surface area contributed by atoms with Crippen molar-refractivity contribution in [1.82, 2.24) is 24.3 Å². The molecular weight excluding hydrogens is 1380 g/mol. The molecule has 3 saturated carbocycles. The van der Waals surface area contributed by atoms with Gasteiger partial charge in [0, 0.05) is 110 Å². The fourth-order valence-corrected chi connectivity index (χ4v) is 15.1. The number of amides is 2. The number of carbonyl (C=O) groups excluding carboxylic acids is 4. The van der Waals surface area contributed by atoms with E-state index in [2.05, 4.69) is 14.8 Å². The number of alkyl halides is 3. The lowest BCUT2D eigenvalue weighted by Crippen LogP contribution is -2.42. The van der Waals surface area contributed by atoms with Gasteiger partial charge in [0.25, 0.3) is 16.7 Å². The smallest absolute Gasteiger partial charge is 0.462 e. The van der Waals surface area contributed by atoms with Gasteiger partial charge in [0.1, 0.15) is 28.7 Å². The van der Waals surface area contributed by atoms with Crippen molar-refractivity contribution in [2.45, 2.75) is 208 Å². The molecular formula is C74H95F6N9O14S. The number of anilines is 3. The van der Waals surface area contributed by atoms with Crippen LogP contribution in [0.2, 0.25) is 0 Å². The molecule has 568 valence electrons. The number of nitrogens with two attached hydrogens (primary N) is 1. The van der Waals surface area contributed by atoms with Gasteiger partial charge in [0.15, 0.2) is 5.75 Å². The van der Waals surface area contributed by atoms with Gasteiger partial charge in [0.05, 0.1) is 58.0 Å². The third-order valence-corrected chi connectivity index (χ3v) is 20.9. The SMILES string of the molecule is CCOC(=O)c1cc(=O)n(C2CC2)c2c(C)c(N3CC[C@@H]([C@H](C)N)C3)c(F)cc12.CCOC(=O)c1cc(=O)n(C2CC2)c2c(C)c(N3CC[C@@H]([C@H](C)NC(=O)OC(C)(C)C)C3)c(F)cc12.Cc1c(N2CC[C@@H]([C@H](C)NC(=O)OC(C)(C)C)C2)c(F)cc2c(OS(=O)(=O)C(F)(F)F)cc(=O)n(C3CC3)c12. The van der Waals surface area contributed by atoms with Crippen LogP contribution in [0.5, 0.6) is 5.75 Å². The van der Waals surface area contributed by atoms with Gasteiger partial charge in [-0.15, -0.1) is 0 Å². The zero-order valence-electron chi connectivity index (χ0n) is 61.3. The topological polar surface area (TPSA) is 274 Å². The van der Waals surface area contributed by atoms with E-state index in [1.807, 2.05) is 65.2 Å². The zero-order chi connectivity index (χ0) is 76.3. The molecule has 6 aliphatic rings. The van der Waals surface area contributed by atoms with E-state index in [0.717, 1.165) is 51.1 Å². The molecule has 6 heterocycles. The van der Waals surface area contributed by atoms with Gasteiger partial charge >= 0.3 is 39.8 Å². The van der Waals surface area contributed by atoms with Crippen LogP contribution in [0.3, 0.4) is 0 Å². The van der Waals surface area contributed by atoms with Crippen molar-refractivity contribution < 1.29 is 77.1 Å². The standard InChI is InChI=1S/C27H36FN3O5.C25H31F4N3O6S.C22H28FN3O3/c1-7-35-25(33)20-13-22(32)31(18-8-9-18)23-15(2)24(21(28)12-19(20)23)30-11-10-17(14-30)16(3)29-26(34)36-27(4,5)6;1-13-21-17(19(38-39(35,36)25(27,28)29)11-20(33)32(21)16-6-7-16)10-18(26)22(13)31-9-8-15(12-31)14(2)30-23(34)37-24(3,4)5;1-4-29-22(28)17-10-19(27)26(15-5-6-15)20-12(2)21(18(23)9-16(17)20)25-8-7-14(11-25)13(3)24/h12-13,16-18H,7-11,14H2,1-6H3,(H,29,34);10-11,14-16H,6-9,12H2,1-5H3,(H,30,34);9-10,13-15H,4-8,11,24H2,1-3H3/t16-,17+;14-,15+;13-,14+/m000/s1. The number of aryl methyl sites for hydroxylation is 3. The van der Waals surface area contributed by atoms with E-state index >= 15 is 13.2 Å². The molecule has 3 aromatic heterocycles. The minimum absolute atomic E-state index is 0.0453. The Hall–Kier alpha value is -8.54. The Balaban J connectivity index is 0.000000169. The highest BCUT2D eigenvalue weighted by Gasteiger charge is 2.49. The number of hydrogen-bond donors (Lipinski definition) is 3. The predicted octanol–water partition coefficient (Wildman–Crippen LogP) is 12.6. The molecule has 3 aromatic carbocycles. The zero-order valence-corrected chi connectivity index (χ0v) is 62.1. The minimum atomic E-state index is -6.09. The molecule has 3 saturated heterocycles. The Morgan fingerprint density at radius 2 is 0.837 bits per heavy atom. The summed E-state index contributed by atoms with van der Waals surface area (Å²) in [6.07, 6.45) is 6.10. The highest BCUT2D eigenvalue weighted by molar-refractivity contribution is 7.88. The fourth-order valence-electron chi connectivity index (χ4n) is 14.6. The van der Waals surface area contributed by atoms with Crippen LogP contribution in [-0.2, 0) is 29.1 Å². The number of fused-ring (bicyclic) bond motifs is 3. The molecule has 4 N–H and O–H groups in total. The highest BCUT2D eigenvalue weighted by Crippen LogP contribution is 2.46. The third kappa shape index (κ3) is 16.9. The van der Waals surface area contributed by atoms with Gasteiger partial charge in [-0.2, -0.15) is 21.6 Å². The fraction of sp³-hybridized carbons (Fsp3) is 0.581. The van der Waals surface area contributed by atoms with E-state index in [9.17, 15) is 55.2 Å². The maximum atomic E-state index is 15.7. The van der Waals surface area contributed by atoms with Gasteiger partial charge in [0.2, 0.25) is 0 Å². The molecule has 6 fully saturated rings. The Kier molecular flexibility index (Phi) is 22.6. The number of carbonyl (C=O) groups is 4. The van der Waals surface area contributed by atoms with Crippen LogP contribution in [0, 0.1) is 56.0 Å². The molecule has 12 rings (SSSR count). The second-order valence-corrected chi connectivity index (χ2v) is 31.8. The molecule has 104 heavy (non-hydrogen) atoms. The summed E-state index contributed by atoms with van der Waals surface area (Å²) in [6.45, 7) is 28.7. The Morgan fingerprint density at radius 3 is 1.14 bits per heavy atom. The first-order chi connectivity index (χ1) is 48.6. The van der Waals surface area contributed by atoms with E-state index < -0.39 is 73.9 Å². The second kappa shape index (κ2) is 30.1. The van der Waals surface area contributed by atoms with Crippen molar-refractivity contribution in [2.75, 3.05) is 67.2 Å². The van der Waals surface area contributed by atoms with E-state index in [1.165, 1.54) is 35.8 Å². The number of halogens is 6. The number of hydrogen-bond acceptors (Lipinski definition) is 18. The summed E-state index contributed by atoms with van der Waals surface area (Å²) in [7, 11) is -6.09. The number of alkyl carbamates (subject to hydrolysis) is 2. The summed E-state index contributed by atoms with van der Waals surface area (Å²) < 4.78 is 139. The monoisotopic (exact) mass is 1480 g/mol. The third-order valence-electron chi connectivity index (χ3n) is 19.9. The summed E-state index contributed by atoms with van der Waals surface area (Å²) in [6, 6.07) is 6.38. The van der Waals surface area contributed by atoms with Crippen molar-refractivity contribution >= 4 is 84.0 Å². The molecule has 0 spiro atoms. The van der Waals surface area contributed by atoms with E-state index in [1.54, 1.807) is 48.7 Å². The largest absolute Gasteiger partial charge is 0.534 e. The first-order valence-corrected chi connectivity index (χ1v) is 37.0. The summed E-state index contributed by atoms with van der Waals surface area (Å²) in [5.41, 5.74) is 2.10. The summed E-state index contributed by atoms with van der Waals surface area (Å²) in [4.78, 5) is 94.1. The number of aromatic nitrogens is 3. The van der Waals surface area contributed by atoms with Crippen molar-refractivity contribution in [3.8, 4) is 5.75 Å². The number of benzene rings is 3. The lowest BCUT2D eigenvalue weighted by atomic mass is 10.0. The first kappa shape index (κ1) is 78.1. The van der Waals surface area contributed by atoms with Gasteiger partial charge < -0.3 is 67.9 Å². The molecule has 30 heteroatoms. The molecule has 23 nitrogen and oxygen atoms in total. The van der Waals surface area contributed by atoms with Crippen molar-refractivity contribution in [1.29, 1.82) is 0 Å². The van der Waals surface area contributed by atoms with Gasteiger partial charge in [-0.3, -0.25) is 14.4 Å². The Labute approximate surface area is 599 Å². The number of nitrogens with one attached hydrogen (secondary N) is 2. The van der Waals surface area contributed by atoms with Crippen LogP contribution in [0.25, 0.3) is 32.7 Å². The summed E-state index contributed by atoms with van der Waals surface area (Å²) >= 11 is 0. The lowest BCUT2D eigenvalue weighted by Gasteiger charge is -2.27. The molecule has 6 atom stereocenters. The van der Waals surface area contributed by atoms with Crippen LogP contribution >= 0.6 is 0 Å². The molecule has 0 radical (unpaired) electrons. The van der Waals surface area contributed by atoms with Crippen LogP contribution in [-0.4, -0.2) is 134 Å². The predicted molar refractivity (Wildman–Crippen MR) is 383 cm³/mol. The van der Waals surface area contributed by atoms with Crippen LogP contribution in [0.4, 0.5) is 53.0 Å². The molecule has 3 aliphatic carbocycles. The lowest BCUT2D eigenvalue weighted by molar-refractivity contribution is -0.0499. The summed E-state index contributed by atoms with van der Waals surface area (Å²) in [5, 5.41) is 6.29. The Bertz CT molecular complexity index is 4650. The number of rotatable bonds is 17. The molecule has 0 bridgehead atoms. The maximum Gasteiger partial charge on any atom is 0.534 e. The maximum absolute atomic E-state index is 15.7. The van der Waals surface area contributed by atoms with Gasteiger partial charge in [-0.1, -0.05) is 0 Å². The van der Waals surface area contributed by atoms with Crippen molar-refractivity contribution in [3.05, 3.63) is 113 Å². The average Bonchev–Trinajstić information content (AvgIpc) is 1.29. The second-order valence-electron chi connectivity index (χ2n) is 30.3.